The van der Waals surface area contributed by atoms with E-state index in [9.17, 15) is 4.79 Å². The normalized spacial score (nSPS) is 12.0. The smallest absolute Gasteiger partial charge is 0.238 e. The molecule has 0 saturated heterocycles. The van der Waals surface area contributed by atoms with Crippen LogP contribution in [0.2, 0.25) is 0 Å². The lowest BCUT2D eigenvalue weighted by Crippen LogP contribution is -2.24. The van der Waals surface area contributed by atoms with Gasteiger partial charge in [-0.15, -0.1) is 10.2 Å². The zero-order valence-corrected chi connectivity index (χ0v) is 17.7. The van der Waals surface area contributed by atoms with Crippen LogP contribution in [0.4, 0.5) is 16.6 Å². The lowest BCUT2D eigenvalue weighted by molar-refractivity contribution is -0.115. The van der Waals surface area contributed by atoms with Crippen molar-refractivity contribution in [3.05, 3.63) is 36.5 Å². The van der Waals surface area contributed by atoms with E-state index in [2.05, 4.69) is 25.9 Å². The van der Waals surface area contributed by atoms with Crippen LogP contribution >= 0.6 is 23.1 Å². The van der Waals surface area contributed by atoms with Gasteiger partial charge in [-0.2, -0.15) is 5.10 Å². The number of carbonyl (C=O) groups excluding carboxylic acids is 1. The molecule has 28 heavy (non-hydrogen) atoms. The van der Waals surface area contributed by atoms with Crippen molar-refractivity contribution in [3.8, 4) is 5.75 Å². The molecule has 1 atom stereocenters. The van der Waals surface area contributed by atoms with Gasteiger partial charge in [-0.05, 0) is 32.9 Å². The average Bonchev–Trinajstić information content (AvgIpc) is 3.31. The summed E-state index contributed by atoms with van der Waals surface area (Å²) >= 11 is 2.76. The Kier molecular flexibility index (Phi) is 6.53. The van der Waals surface area contributed by atoms with Crippen molar-refractivity contribution < 1.29 is 9.53 Å². The van der Waals surface area contributed by atoms with Crippen LogP contribution in [0.25, 0.3) is 0 Å². The van der Waals surface area contributed by atoms with Gasteiger partial charge in [-0.1, -0.05) is 29.2 Å². The molecular weight excluding hydrogens is 396 g/mol. The summed E-state index contributed by atoms with van der Waals surface area (Å²) in [4.78, 5) is 12.5. The van der Waals surface area contributed by atoms with Gasteiger partial charge in [0.05, 0.1) is 18.6 Å². The van der Waals surface area contributed by atoms with Crippen molar-refractivity contribution in [2.75, 3.05) is 17.7 Å². The number of hydrogen-bond acceptors (Lipinski definition) is 8. The number of benzene rings is 1. The van der Waals surface area contributed by atoms with E-state index in [0.29, 0.717) is 15.3 Å². The lowest BCUT2D eigenvalue weighted by atomic mass is 10.3. The summed E-state index contributed by atoms with van der Waals surface area (Å²) in [6.07, 6.45) is 1.68. The monoisotopic (exact) mass is 418 g/mol. The summed E-state index contributed by atoms with van der Waals surface area (Å²) in [6.45, 7) is 5.87. The zero-order chi connectivity index (χ0) is 20.1. The Bertz CT molecular complexity index is 940. The van der Waals surface area contributed by atoms with Gasteiger partial charge < -0.3 is 15.4 Å². The maximum atomic E-state index is 12.5. The number of nitrogens with one attached hydrogen (secondary N) is 2. The molecule has 3 rings (SSSR count). The largest absolute Gasteiger partial charge is 0.497 e. The van der Waals surface area contributed by atoms with Crippen LogP contribution in [0, 0.1) is 0 Å². The van der Waals surface area contributed by atoms with E-state index in [0.717, 1.165) is 11.4 Å². The van der Waals surface area contributed by atoms with Gasteiger partial charge in [0.15, 0.2) is 4.34 Å². The Morgan fingerprint density at radius 1 is 1.25 bits per heavy atom. The fraction of sp³-hybridized carbons (Fsp3) is 0.333. The molecule has 1 amide bonds. The summed E-state index contributed by atoms with van der Waals surface area (Å²) in [5, 5.41) is 19.0. The Labute approximate surface area is 171 Å². The predicted molar refractivity (Wildman–Crippen MR) is 113 cm³/mol. The second-order valence-electron chi connectivity index (χ2n) is 6.23. The molecule has 0 aliphatic carbocycles. The molecule has 2 N–H and O–H groups in total. The highest BCUT2D eigenvalue weighted by Crippen LogP contribution is 2.31. The van der Waals surface area contributed by atoms with Crippen molar-refractivity contribution in [1.82, 2.24) is 20.0 Å². The molecule has 0 bridgehead atoms. The summed E-state index contributed by atoms with van der Waals surface area (Å²) < 4.78 is 7.70. The molecule has 1 aromatic carbocycles. The van der Waals surface area contributed by atoms with E-state index < -0.39 is 0 Å². The Morgan fingerprint density at radius 3 is 2.82 bits per heavy atom. The fourth-order valence-corrected chi connectivity index (χ4v) is 4.31. The molecule has 8 nitrogen and oxygen atoms in total. The van der Waals surface area contributed by atoms with E-state index in [-0.39, 0.29) is 17.2 Å². The molecule has 2 aromatic heterocycles. The van der Waals surface area contributed by atoms with E-state index in [1.54, 1.807) is 24.1 Å². The maximum absolute atomic E-state index is 12.5. The molecule has 0 aliphatic heterocycles. The summed E-state index contributed by atoms with van der Waals surface area (Å²) in [6, 6.07) is 9.52. The molecule has 0 spiro atoms. The Hall–Kier alpha value is -2.59. The van der Waals surface area contributed by atoms with Gasteiger partial charge in [0.2, 0.25) is 11.0 Å². The number of hydrogen-bond donors (Lipinski definition) is 2. The third-order valence-corrected chi connectivity index (χ3v) is 5.81. The van der Waals surface area contributed by atoms with Crippen LogP contribution in [0.5, 0.6) is 5.75 Å². The molecule has 2 heterocycles. The molecule has 0 radical (unpaired) electrons. The van der Waals surface area contributed by atoms with Gasteiger partial charge in [-0.25, -0.2) is 4.68 Å². The first-order valence-electron chi connectivity index (χ1n) is 8.72. The fourth-order valence-electron chi connectivity index (χ4n) is 2.39. The standard InChI is InChI=1S/C18H22N6O2S2/c1-11(2)24-15(8-9-19-24)21-16(25)12(3)27-18-23-22-17(28-18)20-13-6-5-7-14(10-13)26-4/h5-12H,1-4H3,(H,20,22)(H,21,25). The second kappa shape index (κ2) is 9.07. The van der Waals surface area contributed by atoms with Crippen LogP contribution in [-0.4, -0.2) is 38.2 Å². The molecule has 3 aromatic rings. The van der Waals surface area contributed by atoms with Crippen molar-refractivity contribution >= 4 is 45.6 Å². The van der Waals surface area contributed by atoms with Crippen molar-refractivity contribution in [2.24, 2.45) is 0 Å². The minimum atomic E-state index is -0.326. The number of amides is 1. The number of carbonyl (C=O) groups is 1. The van der Waals surface area contributed by atoms with Crippen molar-refractivity contribution in [1.29, 1.82) is 0 Å². The Morgan fingerprint density at radius 2 is 2.07 bits per heavy atom. The molecular formula is C18H22N6O2S2. The summed E-state index contributed by atoms with van der Waals surface area (Å²) in [5.74, 6) is 1.34. The first kappa shape index (κ1) is 20.2. The first-order chi connectivity index (χ1) is 13.5. The average molecular weight is 419 g/mol. The Balaban J connectivity index is 1.59. The highest BCUT2D eigenvalue weighted by molar-refractivity contribution is 8.02. The number of aromatic nitrogens is 4. The highest BCUT2D eigenvalue weighted by Gasteiger charge is 2.19. The van der Waals surface area contributed by atoms with E-state index in [1.807, 2.05) is 45.0 Å². The van der Waals surface area contributed by atoms with Gasteiger partial charge in [0.25, 0.3) is 0 Å². The van der Waals surface area contributed by atoms with Gasteiger partial charge in [0, 0.05) is 23.9 Å². The molecule has 1 unspecified atom stereocenters. The van der Waals surface area contributed by atoms with Crippen LogP contribution in [0.1, 0.15) is 26.8 Å². The lowest BCUT2D eigenvalue weighted by Gasteiger charge is -2.14. The molecule has 10 heteroatoms. The molecule has 0 fully saturated rings. The number of methoxy groups -OCH3 is 1. The zero-order valence-electron chi connectivity index (χ0n) is 16.0. The number of nitrogens with zero attached hydrogens (tertiary/aromatic N) is 4. The first-order valence-corrected chi connectivity index (χ1v) is 10.4. The SMILES string of the molecule is COc1cccc(Nc2nnc(SC(C)C(=O)Nc3ccnn3C(C)C)s2)c1. The van der Waals surface area contributed by atoms with Crippen LogP contribution < -0.4 is 15.4 Å². The predicted octanol–water partition coefficient (Wildman–Crippen LogP) is 4.19. The molecule has 0 saturated carbocycles. The van der Waals surface area contributed by atoms with Gasteiger partial charge in [-0.3, -0.25) is 4.79 Å². The molecule has 0 aliphatic rings. The number of ether oxygens (including phenoxy) is 1. The number of rotatable bonds is 8. The summed E-state index contributed by atoms with van der Waals surface area (Å²) in [5.41, 5.74) is 0.861. The van der Waals surface area contributed by atoms with Crippen LogP contribution in [0.3, 0.4) is 0 Å². The number of anilines is 3. The third-order valence-electron chi connectivity index (χ3n) is 3.78. The van der Waals surface area contributed by atoms with Crippen molar-refractivity contribution in [2.45, 2.75) is 36.4 Å². The van der Waals surface area contributed by atoms with E-state index in [1.165, 1.54) is 23.1 Å². The summed E-state index contributed by atoms with van der Waals surface area (Å²) in [7, 11) is 1.62. The van der Waals surface area contributed by atoms with Crippen molar-refractivity contribution in [3.63, 3.8) is 0 Å². The van der Waals surface area contributed by atoms with Crippen LogP contribution in [0.15, 0.2) is 40.9 Å². The quantitative estimate of drug-likeness (QED) is 0.530. The molecule has 148 valence electrons. The maximum Gasteiger partial charge on any atom is 0.238 e. The third kappa shape index (κ3) is 5.02. The van der Waals surface area contributed by atoms with E-state index >= 15 is 0 Å². The van der Waals surface area contributed by atoms with Gasteiger partial charge in [0.1, 0.15) is 11.6 Å². The highest BCUT2D eigenvalue weighted by atomic mass is 32.2. The van der Waals surface area contributed by atoms with Crippen LogP contribution in [-0.2, 0) is 4.79 Å². The minimum absolute atomic E-state index is 0.107. The second-order valence-corrected chi connectivity index (χ2v) is 8.80. The van der Waals surface area contributed by atoms with E-state index in [4.69, 9.17) is 4.74 Å². The topological polar surface area (TPSA) is 94.0 Å². The minimum Gasteiger partial charge on any atom is -0.497 e. The number of thioether (sulfide) groups is 1. The van der Waals surface area contributed by atoms with Gasteiger partial charge >= 0.3 is 0 Å².